The maximum absolute atomic E-state index is 12.6. The molecule has 0 aliphatic carbocycles. The lowest BCUT2D eigenvalue weighted by Crippen LogP contribution is -2.50. The number of nitrogens with zero attached hydrogens (tertiary/aromatic N) is 2. The summed E-state index contributed by atoms with van der Waals surface area (Å²) in [5.41, 5.74) is 1.58. The van der Waals surface area contributed by atoms with Crippen LogP contribution in [0.5, 0.6) is 0 Å². The molecule has 1 aliphatic rings. The van der Waals surface area contributed by atoms with Gasteiger partial charge in [0.2, 0.25) is 5.91 Å². The molecule has 122 valence electrons. The molecule has 0 unspecified atom stereocenters. The van der Waals surface area contributed by atoms with E-state index in [1.54, 1.807) is 28.3 Å². The molecule has 1 saturated heterocycles. The van der Waals surface area contributed by atoms with E-state index >= 15 is 0 Å². The first-order chi connectivity index (χ1) is 11.1. The van der Waals surface area contributed by atoms with Gasteiger partial charge in [-0.05, 0) is 48.7 Å². The number of aromatic nitrogens is 2. The maximum atomic E-state index is 12.6. The van der Waals surface area contributed by atoms with Crippen LogP contribution in [-0.4, -0.2) is 27.6 Å². The van der Waals surface area contributed by atoms with Gasteiger partial charge in [0.1, 0.15) is 5.69 Å². The topological polar surface area (TPSA) is 76.0 Å². The highest BCUT2D eigenvalue weighted by Gasteiger charge is 2.32. The summed E-state index contributed by atoms with van der Waals surface area (Å²) in [6, 6.07) is 3.52. The fourth-order valence-electron chi connectivity index (χ4n) is 2.87. The van der Waals surface area contributed by atoms with Crippen LogP contribution < -0.4 is 10.6 Å². The monoisotopic (exact) mass is 332 g/mol. The molecule has 0 radical (unpaired) electrons. The lowest BCUT2D eigenvalue weighted by atomic mass is 9.93. The average Bonchev–Trinajstić information content (AvgIpc) is 3.20. The van der Waals surface area contributed by atoms with Crippen LogP contribution in [-0.2, 0) is 4.79 Å². The van der Waals surface area contributed by atoms with Crippen molar-refractivity contribution in [3.8, 4) is 0 Å². The summed E-state index contributed by atoms with van der Waals surface area (Å²) in [6.07, 6.45) is 2.69. The molecular formula is C16H20N4O2S. The first-order valence-electron chi connectivity index (χ1n) is 7.72. The largest absolute Gasteiger partial charge is 0.347 e. The standard InChI is InChI=1S/C16H20N4O2S/c1-10(2)20-13(5-7-17-20)16(22)18-12-3-4-14(21)19-15(12)11-6-8-23-9-11/h5-10,12,15H,3-4H2,1-2H3,(H,18,22)(H,19,21)/t12-,15+/m1/s1. The summed E-state index contributed by atoms with van der Waals surface area (Å²) in [6.45, 7) is 3.97. The van der Waals surface area contributed by atoms with E-state index in [0.29, 0.717) is 18.5 Å². The number of nitrogens with one attached hydrogen (secondary N) is 2. The molecule has 1 fully saturated rings. The molecular weight excluding hydrogens is 312 g/mol. The Morgan fingerprint density at radius 1 is 1.48 bits per heavy atom. The molecule has 1 aliphatic heterocycles. The highest BCUT2D eigenvalue weighted by Crippen LogP contribution is 2.26. The average molecular weight is 332 g/mol. The highest BCUT2D eigenvalue weighted by molar-refractivity contribution is 7.08. The van der Waals surface area contributed by atoms with Crippen molar-refractivity contribution in [2.24, 2.45) is 0 Å². The summed E-state index contributed by atoms with van der Waals surface area (Å²) in [4.78, 5) is 24.4. The van der Waals surface area contributed by atoms with Crippen LogP contribution in [0.1, 0.15) is 54.8 Å². The van der Waals surface area contributed by atoms with Crippen LogP contribution in [0.3, 0.4) is 0 Å². The molecule has 2 aromatic rings. The van der Waals surface area contributed by atoms with Crippen LogP contribution in [0, 0.1) is 0 Å². The number of rotatable bonds is 4. The molecule has 2 atom stereocenters. The number of thiophene rings is 1. The lowest BCUT2D eigenvalue weighted by Gasteiger charge is -2.32. The molecule has 0 spiro atoms. The Hall–Kier alpha value is -2.15. The van der Waals surface area contributed by atoms with Crippen molar-refractivity contribution in [2.75, 3.05) is 0 Å². The smallest absolute Gasteiger partial charge is 0.269 e. The van der Waals surface area contributed by atoms with Crippen molar-refractivity contribution in [1.29, 1.82) is 0 Å². The Kier molecular flexibility index (Phi) is 4.47. The summed E-state index contributed by atoms with van der Waals surface area (Å²) < 4.78 is 1.70. The number of amides is 2. The van der Waals surface area contributed by atoms with E-state index in [9.17, 15) is 9.59 Å². The van der Waals surface area contributed by atoms with E-state index in [4.69, 9.17) is 0 Å². The molecule has 0 aromatic carbocycles. The third kappa shape index (κ3) is 3.29. The van der Waals surface area contributed by atoms with Gasteiger partial charge < -0.3 is 10.6 Å². The van der Waals surface area contributed by atoms with Crippen LogP contribution in [0.15, 0.2) is 29.1 Å². The summed E-state index contributed by atoms with van der Waals surface area (Å²) in [5, 5.41) is 14.2. The van der Waals surface area contributed by atoms with Crippen molar-refractivity contribution in [1.82, 2.24) is 20.4 Å². The number of hydrogen-bond donors (Lipinski definition) is 2. The Morgan fingerprint density at radius 3 is 3.00 bits per heavy atom. The fraction of sp³-hybridized carbons (Fsp3) is 0.438. The fourth-order valence-corrected chi connectivity index (χ4v) is 3.57. The normalized spacial score (nSPS) is 21.3. The Morgan fingerprint density at radius 2 is 2.30 bits per heavy atom. The number of carbonyl (C=O) groups is 2. The molecule has 2 amide bonds. The number of hydrogen-bond acceptors (Lipinski definition) is 4. The van der Waals surface area contributed by atoms with Crippen molar-refractivity contribution in [2.45, 2.75) is 44.8 Å². The second-order valence-corrected chi connectivity index (χ2v) is 6.76. The molecule has 3 heterocycles. The number of carbonyl (C=O) groups excluding carboxylic acids is 2. The van der Waals surface area contributed by atoms with E-state index < -0.39 is 0 Å². The third-order valence-corrected chi connectivity index (χ3v) is 4.71. The molecule has 2 aromatic heterocycles. The quantitative estimate of drug-likeness (QED) is 0.902. The zero-order chi connectivity index (χ0) is 16.4. The van der Waals surface area contributed by atoms with Gasteiger partial charge >= 0.3 is 0 Å². The van der Waals surface area contributed by atoms with Crippen LogP contribution in [0.2, 0.25) is 0 Å². The molecule has 0 bridgehead atoms. The first-order valence-corrected chi connectivity index (χ1v) is 8.66. The third-order valence-electron chi connectivity index (χ3n) is 4.01. The Balaban J connectivity index is 1.78. The zero-order valence-corrected chi connectivity index (χ0v) is 14.0. The van der Waals surface area contributed by atoms with Gasteiger partial charge in [-0.3, -0.25) is 14.3 Å². The second kappa shape index (κ2) is 6.54. The molecule has 0 saturated carbocycles. The summed E-state index contributed by atoms with van der Waals surface area (Å²) in [7, 11) is 0. The van der Waals surface area contributed by atoms with Gasteiger partial charge in [-0.2, -0.15) is 16.4 Å². The van der Waals surface area contributed by atoms with E-state index in [0.717, 1.165) is 5.56 Å². The van der Waals surface area contributed by atoms with Crippen molar-refractivity contribution in [3.05, 3.63) is 40.3 Å². The second-order valence-electron chi connectivity index (χ2n) is 5.98. The van der Waals surface area contributed by atoms with Crippen LogP contribution >= 0.6 is 11.3 Å². The van der Waals surface area contributed by atoms with E-state index in [2.05, 4.69) is 15.7 Å². The SMILES string of the molecule is CC(C)n1nccc1C(=O)N[C@@H]1CCC(=O)N[C@H]1c1ccsc1. The van der Waals surface area contributed by atoms with E-state index in [1.165, 1.54) is 0 Å². The van der Waals surface area contributed by atoms with Gasteiger partial charge in [-0.25, -0.2) is 0 Å². The van der Waals surface area contributed by atoms with Crippen molar-refractivity contribution < 1.29 is 9.59 Å². The van der Waals surface area contributed by atoms with E-state index in [-0.39, 0.29) is 29.9 Å². The summed E-state index contributed by atoms with van der Waals surface area (Å²) >= 11 is 1.58. The number of piperidine rings is 1. The van der Waals surface area contributed by atoms with Gasteiger partial charge in [0.15, 0.2) is 0 Å². The Bertz CT molecular complexity index is 693. The van der Waals surface area contributed by atoms with Crippen molar-refractivity contribution in [3.63, 3.8) is 0 Å². The van der Waals surface area contributed by atoms with Gasteiger partial charge in [0, 0.05) is 18.7 Å². The van der Waals surface area contributed by atoms with Gasteiger partial charge in [0.25, 0.3) is 5.91 Å². The minimum absolute atomic E-state index is 0.0268. The van der Waals surface area contributed by atoms with E-state index in [1.807, 2.05) is 30.7 Å². The molecule has 7 heteroatoms. The molecule has 2 N–H and O–H groups in total. The molecule has 23 heavy (non-hydrogen) atoms. The van der Waals surface area contributed by atoms with Crippen LogP contribution in [0.4, 0.5) is 0 Å². The van der Waals surface area contributed by atoms with Gasteiger partial charge in [-0.1, -0.05) is 0 Å². The molecule has 3 rings (SSSR count). The van der Waals surface area contributed by atoms with Crippen LogP contribution in [0.25, 0.3) is 0 Å². The first kappa shape index (κ1) is 15.7. The maximum Gasteiger partial charge on any atom is 0.269 e. The van der Waals surface area contributed by atoms with Gasteiger partial charge in [-0.15, -0.1) is 0 Å². The minimum Gasteiger partial charge on any atom is -0.347 e. The Labute approximate surface area is 138 Å². The van der Waals surface area contributed by atoms with Gasteiger partial charge in [0.05, 0.1) is 12.1 Å². The predicted octanol–water partition coefficient (Wildman–Crippen LogP) is 2.28. The summed E-state index contributed by atoms with van der Waals surface area (Å²) in [5.74, 6) is -0.128. The highest BCUT2D eigenvalue weighted by atomic mass is 32.1. The predicted molar refractivity (Wildman–Crippen MR) is 88.3 cm³/mol. The zero-order valence-electron chi connectivity index (χ0n) is 13.2. The van der Waals surface area contributed by atoms with Crippen molar-refractivity contribution >= 4 is 23.2 Å². The minimum atomic E-state index is -0.179. The lowest BCUT2D eigenvalue weighted by molar-refractivity contribution is -0.123. The molecule has 6 nitrogen and oxygen atoms in total.